The van der Waals surface area contributed by atoms with Crippen LogP contribution in [0.25, 0.3) is 16.9 Å². The maximum absolute atomic E-state index is 11.1. The van der Waals surface area contributed by atoms with Crippen LogP contribution in [-0.4, -0.2) is 26.1 Å². The molecule has 1 N–H and O–H groups in total. The van der Waals surface area contributed by atoms with Gasteiger partial charge in [-0.2, -0.15) is 0 Å². The SMILES string of the molecule is Cc1ccc(-n2nnc(CC(=O)O)c2-c2ccccc2)cc1C. The van der Waals surface area contributed by atoms with Crippen molar-refractivity contribution in [2.24, 2.45) is 0 Å². The molecule has 23 heavy (non-hydrogen) atoms. The monoisotopic (exact) mass is 307 g/mol. The first-order chi connectivity index (χ1) is 11.1. The van der Waals surface area contributed by atoms with Crippen LogP contribution >= 0.6 is 0 Å². The summed E-state index contributed by atoms with van der Waals surface area (Å²) in [7, 11) is 0. The van der Waals surface area contributed by atoms with Crippen molar-refractivity contribution in [3.8, 4) is 16.9 Å². The van der Waals surface area contributed by atoms with E-state index in [-0.39, 0.29) is 6.42 Å². The lowest BCUT2D eigenvalue weighted by molar-refractivity contribution is -0.136. The summed E-state index contributed by atoms with van der Waals surface area (Å²) in [5, 5.41) is 17.4. The molecule has 5 nitrogen and oxygen atoms in total. The van der Waals surface area contributed by atoms with Gasteiger partial charge in [-0.25, -0.2) is 4.68 Å². The number of hydrogen-bond acceptors (Lipinski definition) is 3. The first-order valence-electron chi connectivity index (χ1n) is 7.35. The first-order valence-corrected chi connectivity index (χ1v) is 7.35. The van der Waals surface area contributed by atoms with Crippen LogP contribution in [-0.2, 0) is 11.2 Å². The van der Waals surface area contributed by atoms with Crippen molar-refractivity contribution in [1.29, 1.82) is 0 Å². The highest BCUT2D eigenvalue weighted by atomic mass is 16.4. The normalized spacial score (nSPS) is 10.7. The van der Waals surface area contributed by atoms with E-state index in [4.69, 9.17) is 5.11 Å². The fraction of sp³-hybridized carbons (Fsp3) is 0.167. The molecule has 0 saturated heterocycles. The molecule has 5 heteroatoms. The molecule has 0 spiro atoms. The summed E-state index contributed by atoms with van der Waals surface area (Å²) in [6.07, 6.45) is -0.158. The molecule has 0 aliphatic carbocycles. The van der Waals surface area contributed by atoms with E-state index in [0.717, 1.165) is 22.5 Å². The maximum Gasteiger partial charge on any atom is 0.309 e. The summed E-state index contributed by atoms with van der Waals surface area (Å²) in [5.74, 6) is -0.922. The molecule has 0 aliphatic heterocycles. The van der Waals surface area contributed by atoms with Crippen LogP contribution in [0.15, 0.2) is 48.5 Å². The molecule has 1 aromatic heterocycles. The summed E-state index contributed by atoms with van der Waals surface area (Å²) < 4.78 is 1.71. The molecular weight excluding hydrogens is 290 g/mol. The lowest BCUT2D eigenvalue weighted by Gasteiger charge is -2.10. The first kappa shape index (κ1) is 15.0. The van der Waals surface area contributed by atoms with Crippen LogP contribution in [0.4, 0.5) is 0 Å². The Kier molecular flexibility index (Phi) is 3.93. The van der Waals surface area contributed by atoms with Crippen LogP contribution in [0.2, 0.25) is 0 Å². The predicted octanol–water partition coefficient (Wildman–Crippen LogP) is 3.18. The van der Waals surface area contributed by atoms with Crippen molar-refractivity contribution in [3.05, 3.63) is 65.4 Å². The van der Waals surface area contributed by atoms with Gasteiger partial charge in [0, 0.05) is 5.56 Å². The van der Waals surface area contributed by atoms with E-state index in [1.54, 1.807) is 4.68 Å². The Labute approximate surface area is 134 Å². The third-order valence-corrected chi connectivity index (χ3v) is 3.84. The molecule has 0 radical (unpaired) electrons. The lowest BCUT2D eigenvalue weighted by atomic mass is 10.1. The maximum atomic E-state index is 11.1. The van der Waals surface area contributed by atoms with Crippen LogP contribution in [0.5, 0.6) is 0 Å². The molecule has 0 unspecified atom stereocenters. The molecule has 0 fully saturated rings. The Balaban J connectivity index is 2.19. The van der Waals surface area contributed by atoms with Gasteiger partial charge in [0.2, 0.25) is 0 Å². The topological polar surface area (TPSA) is 68.0 Å². The van der Waals surface area contributed by atoms with Crippen LogP contribution in [0.1, 0.15) is 16.8 Å². The number of aryl methyl sites for hydroxylation is 2. The highest BCUT2D eigenvalue weighted by Gasteiger charge is 2.18. The second-order valence-corrected chi connectivity index (χ2v) is 5.50. The second-order valence-electron chi connectivity index (χ2n) is 5.50. The van der Waals surface area contributed by atoms with E-state index < -0.39 is 5.97 Å². The number of aliphatic carboxylic acids is 1. The predicted molar refractivity (Wildman–Crippen MR) is 87.6 cm³/mol. The van der Waals surface area contributed by atoms with Gasteiger partial charge in [-0.15, -0.1) is 5.10 Å². The minimum Gasteiger partial charge on any atom is -0.481 e. The third-order valence-electron chi connectivity index (χ3n) is 3.84. The zero-order valence-corrected chi connectivity index (χ0v) is 13.0. The van der Waals surface area contributed by atoms with Gasteiger partial charge in [0.1, 0.15) is 5.69 Å². The van der Waals surface area contributed by atoms with E-state index >= 15 is 0 Å². The van der Waals surface area contributed by atoms with Crippen molar-refractivity contribution in [3.63, 3.8) is 0 Å². The Bertz CT molecular complexity index is 854. The Hall–Kier alpha value is -2.95. The molecule has 1 heterocycles. The molecule has 0 aliphatic rings. The van der Waals surface area contributed by atoms with E-state index in [1.807, 2.05) is 55.5 Å². The number of carbonyl (C=O) groups is 1. The largest absolute Gasteiger partial charge is 0.481 e. The van der Waals surface area contributed by atoms with Crippen molar-refractivity contribution in [2.45, 2.75) is 20.3 Å². The van der Waals surface area contributed by atoms with Crippen LogP contribution in [0.3, 0.4) is 0 Å². The minimum absolute atomic E-state index is 0.158. The summed E-state index contributed by atoms with van der Waals surface area (Å²) in [5.41, 5.74) is 5.29. The zero-order chi connectivity index (χ0) is 16.4. The third kappa shape index (κ3) is 2.99. The van der Waals surface area contributed by atoms with Crippen molar-refractivity contribution in [2.75, 3.05) is 0 Å². The number of rotatable bonds is 4. The number of carboxylic acids is 1. The average Bonchev–Trinajstić information content (AvgIpc) is 2.93. The molecule has 3 aromatic rings. The average molecular weight is 307 g/mol. The fourth-order valence-electron chi connectivity index (χ4n) is 2.50. The Morgan fingerprint density at radius 2 is 1.83 bits per heavy atom. The second kappa shape index (κ2) is 6.04. The van der Waals surface area contributed by atoms with Crippen LogP contribution < -0.4 is 0 Å². The van der Waals surface area contributed by atoms with E-state index in [9.17, 15) is 4.79 Å². The molecule has 116 valence electrons. The lowest BCUT2D eigenvalue weighted by Crippen LogP contribution is -2.04. The van der Waals surface area contributed by atoms with Gasteiger partial charge >= 0.3 is 5.97 Å². The van der Waals surface area contributed by atoms with Gasteiger partial charge in [0.15, 0.2) is 0 Å². The number of hydrogen-bond donors (Lipinski definition) is 1. The highest BCUT2D eigenvalue weighted by Crippen LogP contribution is 2.26. The van der Waals surface area contributed by atoms with E-state index in [2.05, 4.69) is 17.2 Å². The zero-order valence-electron chi connectivity index (χ0n) is 13.0. The molecular formula is C18H17N3O2. The van der Waals surface area contributed by atoms with Gasteiger partial charge in [-0.3, -0.25) is 4.79 Å². The van der Waals surface area contributed by atoms with Crippen molar-refractivity contribution < 1.29 is 9.90 Å². The summed E-state index contributed by atoms with van der Waals surface area (Å²) in [4.78, 5) is 11.1. The number of benzene rings is 2. The molecule has 3 rings (SSSR count). The molecule has 0 saturated carbocycles. The highest BCUT2D eigenvalue weighted by molar-refractivity contribution is 5.74. The Morgan fingerprint density at radius 1 is 1.09 bits per heavy atom. The summed E-state index contributed by atoms with van der Waals surface area (Å²) >= 11 is 0. The fourth-order valence-corrected chi connectivity index (χ4v) is 2.50. The quantitative estimate of drug-likeness (QED) is 0.804. The molecule has 2 aromatic carbocycles. The summed E-state index contributed by atoms with van der Waals surface area (Å²) in [6.45, 7) is 4.09. The van der Waals surface area contributed by atoms with E-state index in [0.29, 0.717) is 5.69 Å². The van der Waals surface area contributed by atoms with Gasteiger partial charge in [0.25, 0.3) is 0 Å². The number of carboxylic acid groups (broad SMARTS) is 1. The Morgan fingerprint density at radius 3 is 2.48 bits per heavy atom. The number of aromatic nitrogens is 3. The van der Waals surface area contributed by atoms with Crippen molar-refractivity contribution in [1.82, 2.24) is 15.0 Å². The van der Waals surface area contributed by atoms with Gasteiger partial charge in [0.05, 0.1) is 17.8 Å². The summed E-state index contributed by atoms with van der Waals surface area (Å²) in [6, 6.07) is 15.6. The van der Waals surface area contributed by atoms with Gasteiger partial charge in [-0.1, -0.05) is 41.6 Å². The number of nitrogens with zero attached hydrogens (tertiary/aromatic N) is 3. The van der Waals surface area contributed by atoms with Gasteiger partial charge in [-0.05, 0) is 37.1 Å². The van der Waals surface area contributed by atoms with Crippen LogP contribution in [0, 0.1) is 13.8 Å². The molecule has 0 amide bonds. The standard InChI is InChI=1S/C18H17N3O2/c1-12-8-9-15(10-13(12)2)21-18(14-6-4-3-5-7-14)16(19-20-21)11-17(22)23/h3-10H,11H2,1-2H3,(H,22,23). The van der Waals surface area contributed by atoms with E-state index in [1.165, 1.54) is 5.56 Å². The smallest absolute Gasteiger partial charge is 0.309 e. The molecule has 0 atom stereocenters. The van der Waals surface area contributed by atoms with Crippen molar-refractivity contribution >= 4 is 5.97 Å². The molecule has 0 bridgehead atoms. The van der Waals surface area contributed by atoms with Gasteiger partial charge < -0.3 is 5.11 Å². The minimum atomic E-state index is -0.922.